The molecule has 3 heteroatoms. The van der Waals surface area contributed by atoms with Gasteiger partial charge in [0.2, 0.25) is 0 Å². The fourth-order valence-corrected chi connectivity index (χ4v) is 1.95. The number of rotatable bonds is 12. The molecule has 0 aliphatic carbocycles. The molecule has 30 heavy (non-hydrogen) atoms. The summed E-state index contributed by atoms with van der Waals surface area (Å²) in [4.78, 5) is 0. The Labute approximate surface area is 198 Å². The van der Waals surface area contributed by atoms with Crippen molar-refractivity contribution in [3.63, 3.8) is 0 Å². The third-order valence-electron chi connectivity index (χ3n) is 4.04. The summed E-state index contributed by atoms with van der Waals surface area (Å²) in [6.07, 6.45) is 8.82. The highest BCUT2D eigenvalue weighted by molar-refractivity contribution is 4.63. The molecule has 0 aromatic heterocycles. The maximum atomic E-state index is 5.00. The summed E-state index contributed by atoms with van der Waals surface area (Å²) in [5.41, 5.74) is 0.370. The van der Waals surface area contributed by atoms with Gasteiger partial charge in [-0.05, 0) is 30.6 Å². The normalized spacial score (nSPS) is 9.50. The van der Waals surface area contributed by atoms with Crippen LogP contribution in [0, 0.1) is 11.3 Å². The maximum absolute atomic E-state index is 5.00. The van der Waals surface area contributed by atoms with Gasteiger partial charge in [-0.3, -0.25) is 0 Å². The summed E-state index contributed by atoms with van der Waals surface area (Å²) in [6, 6.07) is 0. The Morgan fingerprint density at radius 2 is 1.10 bits per heavy atom. The molecule has 0 aliphatic heterocycles. The minimum absolute atomic E-state index is 0. The van der Waals surface area contributed by atoms with E-state index >= 15 is 0 Å². The van der Waals surface area contributed by atoms with Crippen molar-refractivity contribution in [2.24, 2.45) is 11.3 Å². The van der Waals surface area contributed by atoms with Crippen molar-refractivity contribution in [3.8, 4) is 0 Å². The average Bonchev–Trinajstić information content (AvgIpc) is 2.55. The van der Waals surface area contributed by atoms with Gasteiger partial charge in [0.15, 0.2) is 0 Å². The number of hydrogen-bond donors (Lipinski definition) is 0. The molecule has 0 aromatic carbocycles. The molecule has 0 heterocycles. The summed E-state index contributed by atoms with van der Waals surface area (Å²) in [5.74, 6) is 0.843. The fourth-order valence-electron chi connectivity index (χ4n) is 1.95. The minimum atomic E-state index is 0. The molecule has 0 fully saturated rings. The average molecular weight is 445 g/mol. The molecule has 1 unspecified atom stereocenters. The third kappa shape index (κ3) is 63.0. The van der Waals surface area contributed by atoms with Crippen LogP contribution in [0.25, 0.3) is 0 Å². The molecule has 0 radical (unpaired) electrons. The van der Waals surface area contributed by atoms with Gasteiger partial charge in [0.05, 0.1) is 6.61 Å². The van der Waals surface area contributed by atoms with Crippen LogP contribution in [-0.4, -0.2) is 41.2 Å². The van der Waals surface area contributed by atoms with Crippen LogP contribution in [0.4, 0.5) is 0 Å². The lowest BCUT2D eigenvalue weighted by Gasteiger charge is -2.20. The lowest BCUT2D eigenvalue weighted by atomic mass is 9.92. The standard InChI is InChI=1S/C8H18O.C7H16O.C6H14O.6CH4/c1-4-5-8(2)6-7-9-3;1-5-7(2,3)6-8-4;1-3-4-5-6-7-2;;;;;;/h8H,4-7H2,1-3H3;5-6H2,1-4H3;3-6H2,1-2H3;6*1H4. The zero-order valence-corrected chi connectivity index (χ0v) is 18.4. The molecular weight excluding hydrogens is 372 g/mol. The molecule has 0 aliphatic rings. The van der Waals surface area contributed by atoms with Crippen molar-refractivity contribution in [2.45, 2.75) is 131 Å². The number of ether oxygens (including phenoxy) is 3. The summed E-state index contributed by atoms with van der Waals surface area (Å²) in [7, 11) is 5.26. The van der Waals surface area contributed by atoms with E-state index in [4.69, 9.17) is 14.2 Å². The predicted molar refractivity (Wildman–Crippen MR) is 148 cm³/mol. The van der Waals surface area contributed by atoms with Crippen molar-refractivity contribution in [1.82, 2.24) is 0 Å². The van der Waals surface area contributed by atoms with Gasteiger partial charge in [-0.25, -0.2) is 0 Å². The van der Waals surface area contributed by atoms with E-state index in [1.165, 1.54) is 44.9 Å². The SMILES string of the molecule is C.C.C.C.C.C.CCC(C)(C)COC.CCCC(C)CCOC.CCCCCOC. The Bertz CT molecular complexity index is 202. The minimum Gasteiger partial charge on any atom is -0.385 e. The van der Waals surface area contributed by atoms with Crippen molar-refractivity contribution < 1.29 is 14.2 Å². The van der Waals surface area contributed by atoms with E-state index in [-0.39, 0.29) is 44.6 Å². The zero-order valence-electron chi connectivity index (χ0n) is 18.4. The van der Waals surface area contributed by atoms with Crippen molar-refractivity contribution in [1.29, 1.82) is 0 Å². The second-order valence-corrected chi connectivity index (χ2v) is 7.33. The second-order valence-electron chi connectivity index (χ2n) is 7.33. The first-order valence-electron chi connectivity index (χ1n) is 9.81. The van der Waals surface area contributed by atoms with E-state index in [1.807, 2.05) is 0 Å². The molecule has 0 amide bonds. The predicted octanol–water partition coefficient (Wildman–Crippen LogP) is 10.2. The van der Waals surface area contributed by atoms with E-state index < -0.39 is 0 Å². The van der Waals surface area contributed by atoms with Crippen LogP contribution in [0.1, 0.15) is 131 Å². The van der Waals surface area contributed by atoms with Crippen molar-refractivity contribution in [3.05, 3.63) is 0 Å². The largest absolute Gasteiger partial charge is 0.385 e. The van der Waals surface area contributed by atoms with E-state index in [0.29, 0.717) is 5.41 Å². The Morgan fingerprint density at radius 3 is 1.37 bits per heavy atom. The van der Waals surface area contributed by atoms with E-state index in [1.54, 1.807) is 21.3 Å². The van der Waals surface area contributed by atoms with Gasteiger partial charge in [0.25, 0.3) is 0 Å². The molecule has 0 aromatic rings. The fraction of sp³-hybridized carbons (Fsp3) is 1.00. The maximum Gasteiger partial charge on any atom is 0.0513 e. The molecule has 0 saturated carbocycles. The molecule has 0 N–H and O–H groups in total. The van der Waals surface area contributed by atoms with E-state index in [0.717, 1.165) is 25.7 Å². The first-order valence-corrected chi connectivity index (χ1v) is 9.81. The second kappa shape index (κ2) is 46.9. The van der Waals surface area contributed by atoms with Crippen LogP contribution >= 0.6 is 0 Å². The molecule has 0 rings (SSSR count). The molecular formula is C27H72O3. The quantitative estimate of drug-likeness (QED) is 0.280. The molecule has 198 valence electrons. The smallest absolute Gasteiger partial charge is 0.0513 e. The van der Waals surface area contributed by atoms with Crippen molar-refractivity contribution >= 4 is 0 Å². The topological polar surface area (TPSA) is 27.7 Å². The van der Waals surface area contributed by atoms with Gasteiger partial charge < -0.3 is 14.2 Å². The van der Waals surface area contributed by atoms with Gasteiger partial charge in [-0.1, -0.05) is 112 Å². The summed E-state index contributed by atoms with van der Waals surface area (Å²) in [6.45, 7) is 16.0. The molecule has 1 atom stereocenters. The van der Waals surface area contributed by atoms with E-state index in [9.17, 15) is 0 Å². The summed E-state index contributed by atoms with van der Waals surface area (Å²) in [5, 5.41) is 0. The highest BCUT2D eigenvalue weighted by atomic mass is 16.5. The van der Waals surface area contributed by atoms with Crippen LogP contribution in [0.2, 0.25) is 0 Å². The number of unbranched alkanes of at least 4 members (excludes halogenated alkanes) is 2. The molecule has 3 nitrogen and oxygen atoms in total. The third-order valence-corrected chi connectivity index (χ3v) is 4.04. The van der Waals surface area contributed by atoms with Crippen LogP contribution < -0.4 is 0 Å². The van der Waals surface area contributed by atoms with Gasteiger partial charge in [-0.15, -0.1) is 0 Å². The highest BCUT2D eigenvalue weighted by Crippen LogP contribution is 2.18. The Balaban J connectivity index is -0.0000000288. The van der Waals surface area contributed by atoms with Gasteiger partial charge >= 0.3 is 0 Å². The number of methoxy groups -OCH3 is 3. The molecule has 0 spiro atoms. The zero-order chi connectivity index (χ0) is 19.3. The van der Waals surface area contributed by atoms with Crippen molar-refractivity contribution in [2.75, 3.05) is 41.2 Å². The first kappa shape index (κ1) is 57.2. The first-order chi connectivity index (χ1) is 11.3. The monoisotopic (exact) mass is 445 g/mol. The van der Waals surface area contributed by atoms with Gasteiger partial charge in [0.1, 0.15) is 0 Å². The van der Waals surface area contributed by atoms with Crippen LogP contribution in [0.5, 0.6) is 0 Å². The van der Waals surface area contributed by atoms with Crippen LogP contribution in [0.3, 0.4) is 0 Å². The highest BCUT2D eigenvalue weighted by Gasteiger charge is 2.13. The number of hydrogen-bond acceptors (Lipinski definition) is 3. The lowest BCUT2D eigenvalue weighted by Crippen LogP contribution is -2.16. The summed E-state index contributed by atoms with van der Waals surface area (Å²) >= 11 is 0. The Kier molecular flexibility index (Phi) is 89.3. The van der Waals surface area contributed by atoms with Crippen LogP contribution in [0.15, 0.2) is 0 Å². The Morgan fingerprint density at radius 1 is 0.633 bits per heavy atom. The Hall–Kier alpha value is -0.120. The van der Waals surface area contributed by atoms with Gasteiger partial charge in [-0.2, -0.15) is 0 Å². The lowest BCUT2D eigenvalue weighted by molar-refractivity contribution is 0.102. The van der Waals surface area contributed by atoms with Crippen LogP contribution in [-0.2, 0) is 14.2 Å². The molecule has 0 saturated heterocycles. The van der Waals surface area contributed by atoms with E-state index in [2.05, 4.69) is 41.5 Å². The molecule has 0 bridgehead atoms. The summed E-state index contributed by atoms with van der Waals surface area (Å²) < 4.78 is 14.8. The van der Waals surface area contributed by atoms with Gasteiger partial charge in [0, 0.05) is 34.5 Å².